The molecule has 29 heavy (non-hydrogen) atoms. The van der Waals surface area contributed by atoms with Crippen LogP contribution in [0.25, 0.3) is 11.1 Å². The molecule has 0 aliphatic carbocycles. The number of hydrogen-bond donors (Lipinski definition) is 0. The van der Waals surface area contributed by atoms with E-state index in [1.807, 2.05) is 61.8 Å². The molecule has 1 aliphatic rings. The van der Waals surface area contributed by atoms with Crippen LogP contribution in [0.5, 0.6) is 0 Å². The first-order valence-corrected chi connectivity index (χ1v) is 9.97. The summed E-state index contributed by atoms with van der Waals surface area (Å²) >= 11 is 0. The summed E-state index contributed by atoms with van der Waals surface area (Å²) in [6.45, 7) is 2.63. The van der Waals surface area contributed by atoms with Gasteiger partial charge in [0.25, 0.3) is 0 Å². The van der Waals surface area contributed by atoms with Crippen LogP contribution in [0.1, 0.15) is 47.8 Å². The predicted molar refractivity (Wildman–Crippen MR) is 113 cm³/mol. The van der Waals surface area contributed by atoms with Crippen LogP contribution in [0.4, 0.5) is 5.69 Å². The zero-order chi connectivity index (χ0) is 20.2. The van der Waals surface area contributed by atoms with Gasteiger partial charge in [0.15, 0.2) is 5.78 Å². The van der Waals surface area contributed by atoms with E-state index < -0.39 is 0 Å². The molecular weight excluding hydrogens is 362 g/mol. The maximum Gasteiger partial charge on any atom is 0.227 e. The maximum atomic E-state index is 12.0. The number of amides is 1. The molecule has 0 radical (unpaired) electrons. The van der Waals surface area contributed by atoms with E-state index in [9.17, 15) is 9.59 Å². The largest absolute Gasteiger partial charge is 0.311 e. The lowest BCUT2D eigenvalue weighted by molar-refractivity contribution is -0.117. The first-order valence-electron chi connectivity index (χ1n) is 9.97. The van der Waals surface area contributed by atoms with E-state index in [0.29, 0.717) is 19.3 Å². The van der Waals surface area contributed by atoms with Crippen LogP contribution in [0.15, 0.2) is 61.1 Å². The fourth-order valence-electron chi connectivity index (χ4n) is 3.60. The fourth-order valence-corrected chi connectivity index (χ4v) is 3.60. The summed E-state index contributed by atoms with van der Waals surface area (Å²) in [5.41, 5.74) is 5.63. The van der Waals surface area contributed by atoms with Crippen molar-refractivity contribution in [1.29, 1.82) is 0 Å². The standard InChI is InChI=1S/C24H23N3O2/c1-2-23(28)19-7-5-18(6-8-19)20-9-10-21(26-15-20)12-17-13-22(16-25-14-17)27-11-3-4-24(27)29/h5-10,13-16H,2-4,11-12H2,1H3. The summed E-state index contributed by atoms with van der Waals surface area (Å²) in [5.74, 6) is 0.314. The number of carbonyl (C=O) groups is 2. The molecule has 146 valence electrons. The van der Waals surface area contributed by atoms with Crippen molar-refractivity contribution >= 4 is 17.4 Å². The van der Waals surface area contributed by atoms with Crippen molar-refractivity contribution in [3.63, 3.8) is 0 Å². The number of anilines is 1. The number of carbonyl (C=O) groups excluding carboxylic acids is 2. The summed E-state index contributed by atoms with van der Waals surface area (Å²) in [6, 6.07) is 13.7. The van der Waals surface area contributed by atoms with Crippen LogP contribution >= 0.6 is 0 Å². The molecular formula is C24H23N3O2. The SMILES string of the molecule is CCC(=O)c1ccc(-c2ccc(Cc3cncc(N4CCCC4=O)c3)nc2)cc1. The average Bonchev–Trinajstić information content (AvgIpc) is 3.20. The minimum absolute atomic E-state index is 0.150. The van der Waals surface area contributed by atoms with Crippen molar-refractivity contribution in [2.45, 2.75) is 32.6 Å². The lowest BCUT2D eigenvalue weighted by Gasteiger charge is -2.15. The molecule has 0 saturated carbocycles. The van der Waals surface area contributed by atoms with Gasteiger partial charge in [0.2, 0.25) is 5.91 Å². The molecule has 1 aliphatic heterocycles. The molecule has 1 fully saturated rings. The summed E-state index contributed by atoms with van der Waals surface area (Å²) in [5, 5.41) is 0. The predicted octanol–water partition coefficient (Wildman–Crippen LogP) is 4.45. The van der Waals surface area contributed by atoms with Crippen LogP contribution in [-0.2, 0) is 11.2 Å². The topological polar surface area (TPSA) is 63.2 Å². The van der Waals surface area contributed by atoms with Crippen molar-refractivity contribution in [3.05, 3.63) is 77.9 Å². The van der Waals surface area contributed by atoms with Gasteiger partial charge < -0.3 is 4.90 Å². The highest BCUT2D eigenvalue weighted by molar-refractivity contribution is 5.96. The Morgan fingerprint density at radius 2 is 1.83 bits per heavy atom. The van der Waals surface area contributed by atoms with Gasteiger partial charge in [-0.2, -0.15) is 0 Å². The van der Waals surface area contributed by atoms with Crippen molar-refractivity contribution in [2.24, 2.45) is 0 Å². The van der Waals surface area contributed by atoms with Gasteiger partial charge in [0, 0.05) is 55.0 Å². The molecule has 1 saturated heterocycles. The smallest absolute Gasteiger partial charge is 0.227 e. The van der Waals surface area contributed by atoms with Crippen LogP contribution in [-0.4, -0.2) is 28.2 Å². The molecule has 3 aromatic rings. The van der Waals surface area contributed by atoms with Gasteiger partial charge in [0.1, 0.15) is 0 Å². The molecule has 0 spiro atoms. The molecule has 0 atom stereocenters. The molecule has 5 heteroatoms. The minimum Gasteiger partial charge on any atom is -0.311 e. The van der Waals surface area contributed by atoms with E-state index in [-0.39, 0.29) is 11.7 Å². The minimum atomic E-state index is 0.150. The fraction of sp³-hybridized carbons (Fsp3) is 0.250. The third-order valence-electron chi connectivity index (χ3n) is 5.24. The second-order valence-corrected chi connectivity index (χ2v) is 7.27. The third-order valence-corrected chi connectivity index (χ3v) is 5.24. The number of ketones is 1. The van der Waals surface area contributed by atoms with Gasteiger partial charge in [-0.05, 0) is 29.7 Å². The highest BCUT2D eigenvalue weighted by atomic mass is 16.2. The molecule has 0 unspecified atom stereocenters. The van der Waals surface area contributed by atoms with Crippen molar-refractivity contribution in [1.82, 2.24) is 9.97 Å². The molecule has 0 bridgehead atoms. The Morgan fingerprint density at radius 1 is 1.03 bits per heavy atom. The Balaban J connectivity index is 1.47. The summed E-state index contributed by atoms with van der Waals surface area (Å²) in [7, 11) is 0. The van der Waals surface area contributed by atoms with E-state index in [4.69, 9.17) is 0 Å². The Labute approximate surface area is 170 Å². The summed E-state index contributed by atoms with van der Waals surface area (Å²) in [4.78, 5) is 34.4. The number of hydrogen-bond acceptors (Lipinski definition) is 4. The lowest BCUT2D eigenvalue weighted by atomic mass is 10.0. The molecule has 2 aromatic heterocycles. The number of Topliss-reactive ketones (excluding diaryl/α,β-unsaturated/α-hetero) is 1. The van der Waals surface area contributed by atoms with Crippen LogP contribution in [0.2, 0.25) is 0 Å². The van der Waals surface area contributed by atoms with Gasteiger partial charge in [-0.15, -0.1) is 0 Å². The normalized spacial score (nSPS) is 13.7. The van der Waals surface area contributed by atoms with E-state index in [1.165, 1.54) is 0 Å². The first kappa shape index (κ1) is 19.0. The van der Waals surface area contributed by atoms with Crippen molar-refractivity contribution in [3.8, 4) is 11.1 Å². The Kier molecular flexibility index (Phi) is 5.47. The van der Waals surface area contributed by atoms with Gasteiger partial charge in [-0.3, -0.25) is 19.6 Å². The average molecular weight is 385 g/mol. The number of aromatic nitrogens is 2. The molecule has 3 heterocycles. The van der Waals surface area contributed by atoms with Crippen molar-refractivity contribution < 1.29 is 9.59 Å². The second-order valence-electron chi connectivity index (χ2n) is 7.27. The monoisotopic (exact) mass is 385 g/mol. The zero-order valence-corrected chi connectivity index (χ0v) is 16.5. The van der Waals surface area contributed by atoms with E-state index in [1.54, 1.807) is 11.1 Å². The summed E-state index contributed by atoms with van der Waals surface area (Å²) < 4.78 is 0. The quantitative estimate of drug-likeness (QED) is 0.588. The Morgan fingerprint density at radius 3 is 2.48 bits per heavy atom. The molecule has 1 aromatic carbocycles. The van der Waals surface area contributed by atoms with Crippen molar-refractivity contribution in [2.75, 3.05) is 11.4 Å². The van der Waals surface area contributed by atoms with Gasteiger partial charge in [-0.25, -0.2) is 0 Å². The first-order chi connectivity index (χ1) is 14.1. The highest BCUT2D eigenvalue weighted by Gasteiger charge is 2.22. The Hall–Kier alpha value is -3.34. The molecule has 1 amide bonds. The van der Waals surface area contributed by atoms with Crippen LogP contribution in [0.3, 0.4) is 0 Å². The molecule has 5 nitrogen and oxygen atoms in total. The Bertz CT molecular complexity index is 1030. The molecule has 4 rings (SSSR count). The van der Waals surface area contributed by atoms with Gasteiger partial charge in [0.05, 0.1) is 11.9 Å². The van der Waals surface area contributed by atoms with Crippen LogP contribution < -0.4 is 4.90 Å². The summed E-state index contributed by atoms with van der Waals surface area (Å²) in [6.07, 6.45) is 8.11. The van der Waals surface area contributed by atoms with E-state index in [0.717, 1.165) is 46.6 Å². The van der Waals surface area contributed by atoms with E-state index >= 15 is 0 Å². The number of benzene rings is 1. The highest BCUT2D eigenvalue weighted by Crippen LogP contribution is 2.23. The number of rotatable bonds is 6. The van der Waals surface area contributed by atoms with Gasteiger partial charge in [-0.1, -0.05) is 37.3 Å². The number of nitrogens with zero attached hydrogens (tertiary/aromatic N) is 3. The lowest BCUT2D eigenvalue weighted by Crippen LogP contribution is -2.23. The molecule has 0 N–H and O–H groups in total. The van der Waals surface area contributed by atoms with E-state index in [2.05, 4.69) is 9.97 Å². The third kappa shape index (κ3) is 4.24. The van der Waals surface area contributed by atoms with Gasteiger partial charge >= 0.3 is 0 Å². The number of pyridine rings is 2. The maximum absolute atomic E-state index is 12.0. The zero-order valence-electron chi connectivity index (χ0n) is 16.5. The van der Waals surface area contributed by atoms with Crippen LogP contribution in [0, 0.1) is 0 Å². The second kappa shape index (κ2) is 8.35.